The molecule has 0 bridgehead atoms. The Balaban J connectivity index is 2.20. The molecule has 0 fully saturated rings. The molecule has 0 saturated heterocycles. The average molecular weight is 253 g/mol. The zero-order chi connectivity index (χ0) is 13.9. The van der Waals surface area contributed by atoms with Crippen LogP contribution in [0.3, 0.4) is 0 Å². The van der Waals surface area contributed by atoms with Crippen LogP contribution in [0.25, 0.3) is 0 Å². The summed E-state index contributed by atoms with van der Waals surface area (Å²) >= 11 is 0. The average Bonchev–Trinajstić information content (AvgIpc) is 2.39. The molecule has 2 aromatic rings. The Hall–Kier alpha value is -1.96. The van der Waals surface area contributed by atoms with Gasteiger partial charge in [0.15, 0.2) is 5.78 Å². The van der Waals surface area contributed by atoms with Crippen molar-refractivity contribution in [2.75, 3.05) is 0 Å². The van der Waals surface area contributed by atoms with Gasteiger partial charge in [0.05, 0.1) is 0 Å². The number of rotatable bonds is 3. The minimum absolute atomic E-state index is 0.0601. The highest BCUT2D eigenvalue weighted by Crippen LogP contribution is 2.23. The minimum atomic E-state index is 0.0601. The predicted octanol–water partition coefficient (Wildman–Crippen LogP) is 3.80. The normalized spacial score (nSPS) is 11.3. The van der Waals surface area contributed by atoms with Crippen LogP contribution in [0, 0.1) is 0 Å². The van der Waals surface area contributed by atoms with E-state index in [1.807, 2.05) is 30.3 Å². The summed E-state index contributed by atoms with van der Waals surface area (Å²) in [5.41, 5.74) is 2.97. The molecule has 2 heteroatoms. The van der Waals surface area contributed by atoms with Gasteiger partial charge in [-0.1, -0.05) is 45.0 Å². The van der Waals surface area contributed by atoms with Crippen LogP contribution in [0.15, 0.2) is 48.8 Å². The quantitative estimate of drug-likeness (QED) is 0.779. The number of carbonyl (C=O) groups excluding carboxylic acids is 1. The Labute approximate surface area is 114 Å². The van der Waals surface area contributed by atoms with Gasteiger partial charge in [-0.3, -0.25) is 9.78 Å². The summed E-state index contributed by atoms with van der Waals surface area (Å²) in [4.78, 5) is 16.3. The first-order chi connectivity index (χ1) is 8.97. The summed E-state index contributed by atoms with van der Waals surface area (Å²) in [6.45, 7) is 6.45. The lowest BCUT2D eigenvalue weighted by atomic mass is 9.85. The van der Waals surface area contributed by atoms with Gasteiger partial charge in [-0.05, 0) is 28.7 Å². The molecule has 0 N–H and O–H groups in total. The molecule has 0 aliphatic rings. The maximum atomic E-state index is 12.3. The monoisotopic (exact) mass is 253 g/mol. The Morgan fingerprint density at radius 3 is 2.58 bits per heavy atom. The van der Waals surface area contributed by atoms with E-state index in [1.165, 1.54) is 5.56 Å². The molecule has 1 aromatic heterocycles. The van der Waals surface area contributed by atoms with Crippen molar-refractivity contribution >= 4 is 5.78 Å². The summed E-state index contributed by atoms with van der Waals surface area (Å²) in [5, 5.41) is 0. The lowest BCUT2D eigenvalue weighted by Crippen LogP contribution is -2.12. The maximum Gasteiger partial charge on any atom is 0.167 e. The number of hydrogen-bond donors (Lipinski definition) is 0. The van der Waals surface area contributed by atoms with Gasteiger partial charge in [0.2, 0.25) is 0 Å². The molecular weight excluding hydrogens is 234 g/mol. The van der Waals surface area contributed by atoms with Crippen molar-refractivity contribution in [3.63, 3.8) is 0 Å². The first-order valence-corrected chi connectivity index (χ1v) is 6.49. The molecule has 0 amide bonds. The molecular formula is C17H19NO. The van der Waals surface area contributed by atoms with E-state index in [-0.39, 0.29) is 11.2 Å². The van der Waals surface area contributed by atoms with E-state index in [1.54, 1.807) is 12.4 Å². The molecule has 2 rings (SSSR count). The number of Topliss-reactive ketones (excluding diaryl/α,β-unsaturated/α-hetero) is 1. The Kier molecular flexibility index (Phi) is 3.79. The van der Waals surface area contributed by atoms with Crippen LogP contribution in [0.2, 0.25) is 0 Å². The molecule has 0 atom stereocenters. The molecule has 0 unspecified atom stereocenters. The number of nitrogens with zero attached hydrogens (tertiary/aromatic N) is 1. The van der Waals surface area contributed by atoms with Crippen molar-refractivity contribution in [1.29, 1.82) is 0 Å². The van der Waals surface area contributed by atoms with E-state index in [0.717, 1.165) is 11.1 Å². The third-order valence-electron chi connectivity index (χ3n) is 3.14. The van der Waals surface area contributed by atoms with Gasteiger partial charge in [0.25, 0.3) is 0 Å². The van der Waals surface area contributed by atoms with Gasteiger partial charge in [0, 0.05) is 24.4 Å². The van der Waals surface area contributed by atoms with Crippen molar-refractivity contribution in [3.05, 3.63) is 65.5 Å². The highest BCUT2D eigenvalue weighted by Gasteiger charge is 2.15. The van der Waals surface area contributed by atoms with Crippen molar-refractivity contribution in [2.45, 2.75) is 32.6 Å². The summed E-state index contributed by atoms with van der Waals surface area (Å²) in [6.07, 6.45) is 3.86. The van der Waals surface area contributed by atoms with Crippen LogP contribution in [0.4, 0.5) is 0 Å². The fourth-order valence-corrected chi connectivity index (χ4v) is 1.95. The highest BCUT2D eigenvalue weighted by molar-refractivity contribution is 5.97. The second-order valence-electron chi connectivity index (χ2n) is 5.79. The van der Waals surface area contributed by atoms with E-state index in [4.69, 9.17) is 0 Å². The SMILES string of the molecule is CC(C)(C)c1cccc(C(=O)Cc2cccnc2)c1. The number of aromatic nitrogens is 1. The fourth-order valence-electron chi connectivity index (χ4n) is 1.95. The van der Waals surface area contributed by atoms with Gasteiger partial charge in [-0.2, -0.15) is 0 Å². The van der Waals surface area contributed by atoms with Crippen LogP contribution >= 0.6 is 0 Å². The number of hydrogen-bond acceptors (Lipinski definition) is 2. The standard InChI is InChI=1S/C17H19NO/c1-17(2,3)15-8-4-7-14(11-15)16(19)10-13-6-5-9-18-12-13/h4-9,11-12H,10H2,1-3H3. The molecule has 0 aliphatic heterocycles. The summed E-state index contributed by atoms with van der Waals surface area (Å²) < 4.78 is 0. The molecule has 0 spiro atoms. The molecule has 0 saturated carbocycles. The fraction of sp³-hybridized carbons (Fsp3) is 0.294. The Morgan fingerprint density at radius 2 is 1.95 bits per heavy atom. The first kappa shape index (κ1) is 13.5. The van der Waals surface area contributed by atoms with E-state index in [0.29, 0.717) is 6.42 Å². The maximum absolute atomic E-state index is 12.3. The molecule has 0 radical (unpaired) electrons. The second kappa shape index (κ2) is 5.35. The van der Waals surface area contributed by atoms with Gasteiger partial charge in [-0.25, -0.2) is 0 Å². The molecule has 0 aliphatic carbocycles. The van der Waals surface area contributed by atoms with Crippen LogP contribution < -0.4 is 0 Å². The number of pyridine rings is 1. The first-order valence-electron chi connectivity index (χ1n) is 6.49. The van der Waals surface area contributed by atoms with Crippen molar-refractivity contribution < 1.29 is 4.79 Å². The topological polar surface area (TPSA) is 30.0 Å². The van der Waals surface area contributed by atoms with Gasteiger partial charge >= 0.3 is 0 Å². The van der Waals surface area contributed by atoms with Crippen molar-refractivity contribution in [1.82, 2.24) is 4.98 Å². The molecule has 2 nitrogen and oxygen atoms in total. The smallest absolute Gasteiger partial charge is 0.167 e. The lowest BCUT2D eigenvalue weighted by molar-refractivity contribution is 0.0993. The van der Waals surface area contributed by atoms with Crippen molar-refractivity contribution in [2.24, 2.45) is 0 Å². The number of ketones is 1. The molecule has 1 aromatic carbocycles. The summed E-state index contributed by atoms with van der Waals surface area (Å²) in [7, 11) is 0. The van der Waals surface area contributed by atoms with Crippen molar-refractivity contribution in [3.8, 4) is 0 Å². The summed E-state index contributed by atoms with van der Waals surface area (Å²) in [6, 6.07) is 11.7. The molecule has 1 heterocycles. The minimum Gasteiger partial charge on any atom is -0.294 e. The predicted molar refractivity (Wildman–Crippen MR) is 77.4 cm³/mol. The number of benzene rings is 1. The summed E-state index contributed by atoms with van der Waals surface area (Å²) in [5.74, 6) is 0.138. The van der Waals surface area contributed by atoms with E-state index >= 15 is 0 Å². The second-order valence-corrected chi connectivity index (χ2v) is 5.79. The highest BCUT2D eigenvalue weighted by atomic mass is 16.1. The Bertz CT molecular complexity index is 567. The Morgan fingerprint density at radius 1 is 1.16 bits per heavy atom. The van der Waals surface area contributed by atoms with Gasteiger partial charge in [-0.15, -0.1) is 0 Å². The van der Waals surface area contributed by atoms with Gasteiger partial charge in [0.1, 0.15) is 0 Å². The largest absolute Gasteiger partial charge is 0.294 e. The van der Waals surface area contributed by atoms with Crippen LogP contribution in [-0.4, -0.2) is 10.8 Å². The van der Waals surface area contributed by atoms with E-state index in [9.17, 15) is 4.79 Å². The third kappa shape index (κ3) is 3.50. The van der Waals surface area contributed by atoms with Gasteiger partial charge < -0.3 is 0 Å². The zero-order valence-electron chi connectivity index (χ0n) is 11.7. The van der Waals surface area contributed by atoms with Crippen LogP contribution in [0.5, 0.6) is 0 Å². The molecule has 19 heavy (non-hydrogen) atoms. The number of carbonyl (C=O) groups is 1. The van der Waals surface area contributed by atoms with E-state index in [2.05, 4.69) is 31.8 Å². The van der Waals surface area contributed by atoms with Crippen LogP contribution in [0.1, 0.15) is 42.3 Å². The molecule has 98 valence electrons. The zero-order valence-corrected chi connectivity index (χ0v) is 11.7. The lowest BCUT2D eigenvalue weighted by Gasteiger charge is -2.19. The third-order valence-corrected chi connectivity index (χ3v) is 3.14. The van der Waals surface area contributed by atoms with E-state index < -0.39 is 0 Å². The van der Waals surface area contributed by atoms with Crippen LogP contribution in [-0.2, 0) is 11.8 Å².